The molecule has 1 aromatic rings. The van der Waals surface area contributed by atoms with E-state index in [0.717, 1.165) is 25.3 Å². The highest BCUT2D eigenvalue weighted by atomic mass is 32.2. The zero-order valence-corrected chi connectivity index (χ0v) is 11.7. The molecule has 0 heterocycles. The smallest absolute Gasteiger partial charge is 0.211 e. The predicted octanol–water partition coefficient (Wildman–Crippen LogP) is 2.48. The van der Waals surface area contributed by atoms with Crippen molar-refractivity contribution in [1.82, 2.24) is 4.72 Å². The summed E-state index contributed by atoms with van der Waals surface area (Å²) in [5.41, 5.74) is 0.799. The second-order valence-corrected chi connectivity index (χ2v) is 6.36. The molecule has 0 radical (unpaired) electrons. The van der Waals surface area contributed by atoms with Crippen LogP contribution in [0.1, 0.15) is 31.2 Å². The molecule has 1 aliphatic carbocycles. The maximum Gasteiger partial charge on any atom is 0.242 e. The van der Waals surface area contributed by atoms with Crippen LogP contribution in [0.25, 0.3) is 0 Å². The number of sulfonamides is 1. The highest BCUT2D eigenvalue weighted by Gasteiger charge is 2.20. The van der Waals surface area contributed by atoms with Gasteiger partial charge in [0, 0.05) is 6.54 Å². The molecule has 0 spiro atoms. The highest BCUT2D eigenvalue weighted by molar-refractivity contribution is 7.89. The van der Waals surface area contributed by atoms with Crippen LogP contribution in [-0.2, 0) is 10.0 Å². The van der Waals surface area contributed by atoms with Crippen LogP contribution in [0, 0.1) is 17.1 Å². The zero-order chi connectivity index (χ0) is 14.6. The standard InChI is InChI=1S/C14H15FN2O2S/c15-13-6-3-7-14(12(13)10-16)20(18,19)17-9-8-11-4-1-2-5-11/h3-4,6-7,17H,1-2,5,8-9H2. The van der Waals surface area contributed by atoms with Crippen molar-refractivity contribution in [3.05, 3.63) is 41.2 Å². The third kappa shape index (κ3) is 3.24. The maximum absolute atomic E-state index is 13.4. The van der Waals surface area contributed by atoms with E-state index in [0.29, 0.717) is 6.42 Å². The van der Waals surface area contributed by atoms with Gasteiger partial charge >= 0.3 is 0 Å². The van der Waals surface area contributed by atoms with E-state index in [1.165, 1.54) is 17.7 Å². The topological polar surface area (TPSA) is 70.0 Å². The Morgan fingerprint density at radius 3 is 2.85 bits per heavy atom. The van der Waals surface area contributed by atoms with Gasteiger partial charge in [-0.2, -0.15) is 5.26 Å². The number of halogens is 1. The van der Waals surface area contributed by atoms with Crippen LogP contribution in [0.5, 0.6) is 0 Å². The van der Waals surface area contributed by atoms with Crippen molar-refractivity contribution < 1.29 is 12.8 Å². The molecule has 1 aliphatic rings. The lowest BCUT2D eigenvalue weighted by atomic mass is 10.2. The first kappa shape index (κ1) is 14.7. The summed E-state index contributed by atoms with van der Waals surface area (Å²) in [5.74, 6) is -0.825. The lowest BCUT2D eigenvalue weighted by Crippen LogP contribution is -2.26. The van der Waals surface area contributed by atoms with Crippen molar-refractivity contribution in [2.24, 2.45) is 0 Å². The normalized spacial score (nSPS) is 14.9. The monoisotopic (exact) mass is 294 g/mol. The van der Waals surface area contributed by atoms with Crippen molar-refractivity contribution >= 4 is 10.0 Å². The van der Waals surface area contributed by atoms with E-state index in [2.05, 4.69) is 10.8 Å². The molecule has 0 saturated heterocycles. The summed E-state index contributed by atoms with van der Waals surface area (Å²) in [6.45, 7) is 0.259. The number of nitriles is 1. The van der Waals surface area contributed by atoms with Gasteiger partial charge in [0.2, 0.25) is 10.0 Å². The maximum atomic E-state index is 13.4. The highest BCUT2D eigenvalue weighted by Crippen LogP contribution is 2.21. The fourth-order valence-electron chi connectivity index (χ4n) is 2.22. The molecular weight excluding hydrogens is 279 g/mol. The molecule has 0 aromatic heterocycles. The fraction of sp³-hybridized carbons (Fsp3) is 0.357. The van der Waals surface area contributed by atoms with E-state index in [9.17, 15) is 12.8 Å². The van der Waals surface area contributed by atoms with E-state index in [1.807, 2.05) is 0 Å². The molecule has 0 amide bonds. The van der Waals surface area contributed by atoms with Gasteiger partial charge in [-0.3, -0.25) is 0 Å². The predicted molar refractivity (Wildman–Crippen MR) is 72.9 cm³/mol. The van der Waals surface area contributed by atoms with Gasteiger partial charge < -0.3 is 0 Å². The number of nitrogens with one attached hydrogen (secondary N) is 1. The Labute approximate surface area is 118 Å². The lowest BCUT2D eigenvalue weighted by molar-refractivity contribution is 0.576. The number of benzene rings is 1. The second-order valence-electron chi connectivity index (χ2n) is 4.63. The average Bonchev–Trinajstić information content (AvgIpc) is 2.91. The van der Waals surface area contributed by atoms with Gasteiger partial charge in [0.1, 0.15) is 22.3 Å². The Balaban J connectivity index is 2.10. The first-order chi connectivity index (χ1) is 9.54. The summed E-state index contributed by atoms with van der Waals surface area (Å²) >= 11 is 0. The van der Waals surface area contributed by atoms with Crippen molar-refractivity contribution in [2.75, 3.05) is 6.54 Å². The molecule has 0 saturated carbocycles. The van der Waals surface area contributed by atoms with Crippen LogP contribution in [0.4, 0.5) is 4.39 Å². The Morgan fingerprint density at radius 1 is 1.40 bits per heavy atom. The fourth-order valence-corrected chi connectivity index (χ4v) is 3.42. The van der Waals surface area contributed by atoms with Gasteiger partial charge in [-0.05, 0) is 37.8 Å². The summed E-state index contributed by atoms with van der Waals surface area (Å²) in [6, 6.07) is 5.18. The molecule has 0 aliphatic heterocycles. The molecule has 0 unspecified atom stereocenters. The number of allylic oxidation sites excluding steroid dienone is 1. The Morgan fingerprint density at radius 2 is 2.20 bits per heavy atom. The van der Waals surface area contributed by atoms with Crippen LogP contribution in [0.3, 0.4) is 0 Å². The Hall–Kier alpha value is -1.71. The van der Waals surface area contributed by atoms with E-state index in [1.54, 1.807) is 6.07 Å². The molecule has 0 fully saturated rings. The molecular formula is C14H15FN2O2S. The minimum Gasteiger partial charge on any atom is -0.211 e. The van der Waals surface area contributed by atoms with Crippen molar-refractivity contribution in [2.45, 2.75) is 30.6 Å². The number of rotatable bonds is 5. The molecule has 1 N–H and O–H groups in total. The van der Waals surface area contributed by atoms with Gasteiger partial charge in [-0.1, -0.05) is 17.7 Å². The van der Waals surface area contributed by atoms with E-state index in [4.69, 9.17) is 5.26 Å². The SMILES string of the molecule is N#Cc1c(F)cccc1S(=O)(=O)NCCC1=CCCC1. The van der Waals surface area contributed by atoms with Gasteiger partial charge in [0.05, 0.1) is 0 Å². The number of nitrogens with zero attached hydrogens (tertiary/aromatic N) is 1. The van der Waals surface area contributed by atoms with E-state index >= 15 is 0 Å². The Kier molecular flexibility index (Phi) is 4.53. The van der Waals surface area contributed by atoms with Crippen LogP contribution in [0.2, 0.25) is 0 Å². The van der Waals surface area contributed by atoms with Crippen LogP contribution < -0.4 is 4.72 Å². The molecule has 0 bridgehead atoms. The van der Waals surface area contributed by atoms with Crippen LogP contribution in [-0.4, -0.2) is 15.0 Å². The van der Waals surface area contributed by atoms with Gasteiger partial charge in [0.15, 0.2) is 0 Å². The van der Waals surface area contributed by atoms with E-state index in [-0.39, 0.29) is 11.4 Å². The van der Waals surface area contributed by atoms with Crippen molar-refractivity contribution in [3.8, 4) is 6.07 Å². The molecule has 1 aromatic carbocycles. The van der Waals surface area contributed by atoms with Crippen molar-refractivity contribution in [1.29, 1.82) is 5.26 Å². The van der Waals surface area contributed by atoms with Gasteiger partial charge in [0.25, 0.3) is 0 Å². The first-order valence-corrected chi connectivity index (χ1v) is 7.89. The van der Waals surface area contributed by atoms with Crippen molar-refractivity contribution in [3.63, 3.8) is 0 Å². The average molecular weight is 294 g/mol. The molecule has 106 valence electrons. The lowest BCUT2D eigenvalue weighted by Gasteiger charge is -2.09. The summed E-state index contributed by atoms with van der Waals surface area (Å²) in [5, 5.41) is 8.87. The molecule has 2 rings (SSSR count). The largest absolute Gasteiger partial charge is 0.242 e. The quantitative estimate of drug-likeness (QED) is 0.848. The molecule has 4 nitrogen and oxygen atoms in total. The Bertz CT molecular complexity index is 675. The zero-order valence-electron chi connectivity index (χ0n) is 10.9. The minimum absolute atomic E-state index is 0.259. The number of hydrogen-bond acceptors (Lipinski definition) is 3. The number of hydrogen-bond donors (Lipinski definition) is 1. The third-order valence-corrected chi connectivity index (χ3v) is 4.75. The summed E-state index contributed by atoms with van der Waals surface area (Å²) in [7, 11) is -3.86. The third-order valence-electron chi connectivity index (χ3n) is 3.25. The molecule has 0 atom stereocenters. The van der Waals surface area contributed by atoms with Crippen LogP contribution >= 0.6 is 0 Å². The van der Waals surface area contributed by atoms with Gasteiger partial charge in [-0.15, -0.1) is 0 Å². The second kappa shape index (κ2) is 6.16. The van der Waals surface area contributed by atoms with E-state index < -0.39 is 21.4 Å². The summed E-state index contributed by atoms with van der Waals surface area (Å²) in [6.07, 6.45) is 5.94. The van der Waals surface area contributed by atoms with Gasteiger partial charge in [-0.25, -0.2) is 17.5 Å². The minimum atomic E-state index is -3.86. The molecule has 6 heteroatoms. The summed E-state index contributed by atoms with van der Waals surface area (Å²) < 4.78 is 40.0. The molecule has 20 heavy (non-hydrogen) atoms. The summed E-state index contributed by atoms with van der Waals surface area (Å²) in [4.78, 5) is -0.305. The van der Waals surface area contributed by atoms with Crippen LogP contribution in [0.15, 0.2) is 34.7 Å². The first-order valence-electron chi connectivity index (χ1n) is 6.41.